The van der Waals surface area contributed by atoms with Crippen LogP contribution >= 0.6 is 11.3 Å². The molecule has 6 nitrogen and oxygen atoms in total. The van der Waals surface area contributed by atoms with E-state index in [-0.39, 0.29) is 24.4 Å². The number of amides is 1. The number of rotatable bonds is 5. The van der Waals surface area contributed by atoms with Crippen molar-refractivity contribution in [3.8, 4) is 11.5 Å². The summed E-state index contributed by atoms with van der Waals surface area (Å²) in [5.74, 6) is 1.18. The van der Waals surface area contributed by atoms with Crippen molar-refractivity contribution in [3.63, 3.8) is 0 Å². The Morgan fingerprint density at radius 2 is 1.71 bits per heavy atom. The normalized spacial score (nSPS) is 11.3. The molecular weight excluding hydrogens is 410 g/mol. The van der Waals surface area contributed by atoms with Crippen molar-refractivity contribution in [2.45, 2.75) is 20.0 Å². The van der Waals surface area contributed by atoms with Gasteiger partial charge in [0.15, 0.2) is 11.2 Å². The minimum Gasteiger partial charge on any atom is -0.458 e. The molecule has 0 radical (unpaired) electrons. The van der Waals surface area contributed by atoms with Crippen LogP contribution in [0, 0.1) is 6.92 Å². The topological polar surface area (TPSA) is 77.1 Å². The van der Waals surface area contributed by atoms with Gasteiger partial charge in [0.25, 0.3) is 0 Å². The molecule has 0 fully saturated rings. The summed E-state index contributed by atoms with van der Waals surface area (Å²) in [5, 5.41) is 7.03. The predicted molar refractivity (Wildman–Crippen MR) is 122 cm³/mol. The lowest BCUT2D eigenvalue weighted by Gasteiger charge is -2.14. The van der Waals surface area contributed by atoms with E-state index in [1.807, 2.05) is 65.4 Å². The van der Waals surface area contributed by atoms with Gasteiger partial charge in [-0.1, -0.05) is 24.3 Å². The van der Waals surface area contributed by atoms with Gasteiger partial charge in [-0.3, -0.25) is 9.59 Å². The summed E-state index contributed by atoms with van der Waals surface area (Å²) in [6.45, 7) is 2.32. The molecule has 5 aromatic rings. The SMILES string of the molecule is Cc1nc(-c2ccc(CNC(=O)Cn3c4ccccc4c(=O)c4ccccc43)o2)cs1. The average molecular weight is 430 g/mol. The van der Waals surface area contributed by atoms with Crippen LogP contribution in [0.2, 0.25) is 0 Å². The zero-order valence-electron chi connectivity index (χ0n) is 16.8. The smallest absolute Gasteiger partial charge is 0.240 e. The maximum absolute atomic E-state index is 12.8. The Balaban J connectivity index is 1.39. The lowest BCUT2D eigenvalue weighted by Crippen LogP contribution is -2.28. The van der Waals surface area contributed by atoms with Gasteiger partial charge in [-0.25, -0.2) is 4.98 Å². The maximum atomic E-state index is 12.8. The fraction of sp³-hybridized carbons (Fsp3) is 0.125. The minimum atomic E-state index is -0.165. The third-order valence-corrected chi connectivity index (χ3v) is 5.95. The van der Waals surface area contributed by atoms with E-state index in [1.54, 1.807) is 23.5 Å². The van der Waals surface area contributed by atoms with E-state index in [2.05, 4.69) is 10.3 Å². The number of pyridine rings is 1. The van der Waals surface area contributed by atoms with E-state index in [9.17, 15) is 9.59 Å². The number of nitrogens with one attached hydrogen (secondary N) is 1. The number of carbonyl (C=O) groups is 1. The fourth-order valence-electron chi connectivity index (χ4n) is 3.72. The number of furan rings is 1. The molecule has 31 heavy (non-hydrogen) atoms. The molecule has 0 spiro atoms. The van der Waals surface area contributed by atoms with E-state index in [4.69, 9.17) is 4.42 Å². The van der Waals surface area contributed by atoms with Crippen LogP contribution in [-0.2, 0) is 17.9 Å². The van der Waals surface area contributed by atoms with E-state index in [0.29, 0.717) is 22.3 Å². The van der Waals surface area contributed by atoms with E-state index >= 15 is 0 Å². The molecule has 1 N–H and O–H groups in total. The predicted octanol–water partition coefficient (Wildman–Crippen LogP) is 4.50. The molecule has 0 aliphatic carbocycles. The highest BCUT2D eigenvalue weighted by molar-refractivity contribution is 7.09. The van der Waals surface area contributed by atoms with Gasteiger partial charge in [0.1, 0.15) is 18.0 Å². The first-order valence-corrected chi connectivity index (χ1v) is 10.8. The number of para-hydroxylation sites is 2. The Hall–Kier alpha value is -3.71. The highest BCUT2D eigenvalue weighted by Gasteiger charge is 2.14. The first-order valence-electron chi connectivity index (χ1n) is 9.88. The molecule has 0 aliphatic heterocycles. The summed E-state index contributed by atoms with van der Waals surface area (Å²) >= 11 is 1.56. The van der Waals surface area contributed by atoms with Gasteiger partial charge in [-0.15, -0.1) is 11.3 Å². The fourth-order valence-corrected chi connectivity index (χ4v) is 4.32. The summed E-state index contributed by atoms with van der Waals surface area (Å²) in [5.41, 5.74) is 2.25. The highest BCUT2D eigenvalue weighted by atomic mass is 32.1. The van der Waals surface area contributed by atoms with Crippen molar-refractivity contribution >= 4 is 39.0 Å². The largest absolute Gasteiger partial charge is 0.458 e. The third kappa shape index (κ3) is 3.64. The van der Waals surface area contributed by atoms with Crippen molar-refractivity contribution in [1.29, 1.82) is 0 Å². The first kappa shape index (κ1) is 19.3. The lowest BCUT2D eigenvalue weighted by molar-refractivity contribution is -0.121. The van der Waals surface area contributed by atoms with Gasteiger partial charge in [-0.2, -0.15) is 0 Å². The molecule has 1 amide bonds. The molecule has 0 saturated heterocycles. The van der Waals surface area contributed by atoms with E-state index in [1.165, 1.54) is 0 Å². The molecule has 0 atom stereocenters. The van der Waals surface area contributed by atoms with E-state index < -0.39 is 0 Å². The van der Waals surface area contributed by atoms with Crippen LogP contribution in [0.3, 0.4) is 0 Å². The maximum Gasteiger partial charge on any atom is 0.240 e. The van der Waals surface area contributed by atoms with E-state index in [0.717, 1.165) is 21.7 Å². The second-order valence-corrected chi connectivity index (χ2v) is 8.31. The molecule has 0 saturated carbocycles. The standard InChI is InChI=1S/C24H19N3O3S/c1-15-26-19(14-31-15)22-11-10-16(30-22)12-25-23(28)13-27-20-8-4-2-6-17(20)24(29)18-7-3-5-9-21(18)27/h2-11,14H,12-13H2,1H3,(H,25,28). The quantitative estimate of drug-likeness (QED) is 0.418. The Morgan fingerprint density at radius 1 is 1.03 bits per heavy atom. The monoisotopic (exact) mass is 429 g/mol. The molecule has 5 rings (SSSR count). The number of aromatic nitrogens is 2. The Bertz CT molecular complexity index is 1420. The van der Waals surface area contributed by atoms with Crippen molar-refractivity contribution in [1.82, 2.24) is 14.9 Å². The van der Waals surface area contributed by atoms with Crippen LogP contribution < -0.4 is 10.7 Å². The van der Waals surface area contributed by atoms with Gasteiger partial charge in [0.05, 0.1) is 22.6 Å². The number of hydrogen-bond acceptors (Lipinski definition) is 5. The van der Waals surface area contributed by atoms with Crippen molar-refractivity contribution in [2.75, 3.05) is 0 Å². The first-order chi connectivity index (χ1) is 15.1. The molecule has 7 heteroatoms. The number of benzene rings is 2. The van der Waals surface area contributed by atoms with Gasteiger partial charge in [0.2, 0.25) is 5.91 Å². The van der Waals surface area contributed by atoms with Crippen LogP contribution in [0.1, 0.15) is 10.8 Å². The van der Waals surface area contributed by atoms with Gasteiger partial charge < -0.3 is 14.3 Å². The van der Waals surface area contributed by atoms with Crippen LogP contribution in [0.15, 0.2) is 75.3 Å². The molecule has 3 aromatic heterocycles. The minimum absolute atomic E-state index is 0.0248. The van der Waals surface area contributed by atoms with Crippen LogP contribution in [0.4, 0.5) is 0 Å². The summed E-state index contributed by atoms with van der Waals surface area (Å²) in [4.78, 5) is 30.0. The molecule has 0 unspecified atom stereocenters. The molecule has 0 bridgehead atoms. The van der Waals surface area contributed by atoms with Gasteiger partial charge in [0, 0.05) is 16.2 Å². The number of carbonyl (C=O) groups excluding carboxylic acids is 1. The highest BCUT2D eigenvalue weighted by Crippen LogP contribution is 2.24. The van der Waals surface area contributed by atoms with Gasteiger partial charge >= 0.3 is 0 Å². The zero-order valence-corrected chi connectivity index (χ0v) is 17.6. The second-order valence-electron chi connectivity index (χ2n) is 7.24. The number of hydrogen-bond donors (Lipinski definition) is 1. The van der Waals surface area contributed by atoms with Crippen LogP contribution in [-0.4, -0.2) is 15.5 Å². The molecule has 154 valence electrons. The Morgan fingerprint density at radius 3 is 2.35 bits per heavy atom. The Labute approximate surface area is 181 Å². The van der Waals surface area contributed by atoms with Crippen LogP contribution in [0.5, 0.6) is 0 Å². The Kier molecular flexibility index (Phi) is 4.88. The zero-order chi connectivity index (χ0) is 21.4. The lowest BCUT2D eigenvalue weighted by atomic mass is 10.1. The molecule has 0 aliphatic rings. The molecule has 3 heterocycles. The van der Waals surface area contributed by atoms with Crippen molar-refractivity contribution < 1.29 is 9.21 Å². The summed E-state index contributed by atoms with van der Waals surface area (Å²) < 4.78 is 7.70. The molecular formula is C24H19N3O3S. The third-order valence-electron chi connectivity index (χ3n) is 5.17. The summed E-state index contributed by atoms with van der Waals surface area (Å²) in [7, 11) is 0. The van der Waals surface area contributed by atoms with Crippen molar-refractivity contribution in [2.24, 2.45) is 0 Å². The second kappa shape index (κ2) is 7.85. The number of thiazole rings is 1. The van der Waals surface area contributed by atoms with Crippen molar-refractivity contribution in [3.05, 3.63) is 87.0 Å². The number of nitrogens with zero attached hydrogens (tertiary/aromatic N) is 2. The number of fused-ring (bicyclic) bond motifs is 2. The summed E-state index contributed by atoms with van der Waals surface area (Å²) in [6, 6.07) is 18.4. The number of aryl methyl sites for hydroxylation is 1. The average Bonchev–Trinajstić information content (AvgIpc) is 3.44. The molecule has 2 aromatic carbocycles. The van der Waals surface area contributed by atoms with Gasteiger partial charge in [-0.05, 0) is 43.3 Å². The summed E-state index contributed by atoms with van der Waals surface area (Å²) in [6.07, 6.45) is 0. The van der Waals surface area contributed by atoms with Crippen LogP contribution in [0.25, 0.3) is 33.3 Å².